The van der Waals surface area contributed by atoms with E-state index >= 15 is 0 Å². The fourth-order valence-electron chi connectivity index (χ4n) is 3.27. The van der Waals surface area contributed by atoms with E-state index < -0.39 is 0 Å². The first-order chi connectivity index (χ1) is 9.54. The highest BCUT2D eigenvalue weighted by atomic mass is 14.9. The second-order valence-electron chi connectivity index (χ2n) is 6.94. The molecule has 0 saturated heterocycles. The Kier molecular flexibility index (Phi) is 5.04. The van der Waals surface area contributed by atoms with E-state index in [-0.39, 0.29) is 5.41 Å². The van der Waals surface area contributed by atoms with Crippen LogP contribution in [0, 0.1) is 0 Å². The van der Waals surface area contributed by atoms with Gasteiger partial charge in [0.25, 0.3) is 0 Å². The van der Waals surface area contributed by atoms with Crippen LogP contribution in [-0.2, 0) is 5.41 Å². The molecule has 0 aliphatic heterocycles. The smallest absolute Gasteiger partial charge is 0.0536 e. The van der Waals surface area contributed by atoms with Gasteiger partial charge in [0.05, 0.1) is 6.04 Å². The quantitative estimate of drug-likeness (QED) is 0.751. The maximum Gasteiger partial charge on any atom is 0.0536 e. The average molecular weight is 271 g/mol. The largest absolute Gasteiger partial charge is 0.310 e. The lowest BCUT2D eigenvalue weighted by atomic mass is 9.80. The molecule has 0 fully saturated rings. The molecule has 110 valence electrons. The fourth-order valence-corrected chi connectivity index (χ4v) is 3.27. The molecule has 0 bridgehead atoms. The number of likely N-dealkylation sites (N-methyl/N-ethyl adjacent to an activating group) is 1. The maximum absolute atomic E-state index is 3.56. The molecule has 0 radical (unpaired) electrons. The Labute approximate surface area is 124 Å². The molecule has 0 aromatic heterocycles. The van der Waals surface area contributed by atoms with Gasteiger partial charge < -0.3 is 5.32 Å². The summed E-state index contributed by atoms with van der Waals surface area (Å²) in [5, 5.41) is 3.56. The van der Waals surface area contributed by atoms with Crippen LogP contribution in [0.2, 0.25) is 0 Å². The van der Waals surface area contributed by atoms with E-state index in [2.05, 4.69) is 63.5 Å². The predicted molar refractivity (Wildman–Crippen MR) is 88.1 cm³/mol. The zero-order valence-corrected chi connectivity index (χ0v) is 13.5. The summed E-state index contributed by atoms with van der Waals surface area (Å²) in [6.07, 6.45) is 9.02. The first-order valence-electron chi connectivity index (χ1n) is 7.99. The Morgan fingerprint density at radius 2 is 1.80 bits per heavy atom. The highest BCUT2D eigenvalue weighted by Gasteiger charge is 2.24. The van der Waals surface area contributed by atoms with Gasteiger partial charge in [-0.1, -0.05) is 63.1 Å². The van der Waals surface area contributed by atoms with Crippen LogP contribution >= 0.6 is 0 Å². The third-order valence-electron chi connectivity index (χ3n) is 4.32. The molecule has 1 unspecified atom stereocenters. The molecule has 20 heavy (non-hydrogen) atoms. The molecule has 0 heterocycles. The lowest BCUT2D eigenvalue weighted by molar-refractivity contribution is 0.558. The highest BCUT2D eigenvalue weighted by Crippen LogP contribution is 2.35. The third kappa shape index (κ3) is 3.52. The van der Waals surface area contributed by atoms with Gasteiger partial charge in [-0.05, 0) is 49.3 Å². The zero-order chi connectivity index (χ0) is 14.6. The first kappa shape index (κ1) is 15.3. The van der Waals surface area contributed by atoms with Crippen LogP contribution in [0.5, 0.6) is 0 Å². The Hall–Kier alpha value is -1.08. The van der Waals surface area contributed by atoms with Crippen molar-refractivity contribution < 1.29 is 0 Å². The van der Waals surface area contributed by atoms with Crippen molar-refractivity contribution in [3.8, 4) is 0 Å². The molecule has 2 rings (SSSR count). The maximum atomic E-state index is 3.56. The van der Waals surface area contributed by atoms with Crippen molar-refractivity contribution in [2.75, 3.05) is 7.05 Å². The van der Waals surface area contributed by atoms with E-state index in [9.17, 15) is 0 Å². The van der Waals surface area contributed by atoms with Crippen LogP contribution in [0.3, 0.4) is 0 Å². The molecule has 1 nitrogen and oxygen atoms in total. The summed E-state index contributed by atoms with van der Waals surface area (Å²) in [5.74, 6) is 0. The number of hydrogen-bond acceptors (Lipinski definition) is 1. The zero-order valence-electron chi connectivity index (χ0n) is 13.5. The summed E-state index contributed by atoms with van der Waals surface area (Å²) in [4.78, 5) is 0. The Morgan fingerprint density at radius 3 is 2.50 bits per heavy atom. The molecule has 1 aliphatic carbocycles. The second-order valence-corrected chi connectivity index (χ2v) is 6.94. The van der Waals surface area contributed by atoms with Gasteiger partial charge in [0.1, 0.15) is 0 Å². The monoisotopic (exact) mass is 271 g/mol. The van der Waals surface area contributed by atoms with Crippen molar-refractivity contribution in [1.82, 2.24) is 5.32 Å². The van der Waals surface area contributed by atoms with Crippen LogP contribution in [0.4, 0.5) is 0 Å². The summed E-state index contributed by atoms with van der Waals surface area (Å²) in [5.41, 5.74) is 4.69. The van der Waals surface area contributed by atoms with Crippen LogP contribution in [0.25, 0.3) is 0 Å². The SMILES string of the molecule is CNC(C1=CCCCCC1)c1ccccc1C(C)(C)C. The topological polar surface area (TPSA) is 12.0 Å². The first-order valence-corrected chi connectivity index (χ1v) is 7.99. The molecule has 1 aromatic rings. The normalized spacial score (nSPS) is 18.3. The van der Waals surface area contributed by atoms with Crippen molar-refractivity contribution in [3.05, 3.63) is 47.0 Å². The number of benzene rings is 1. The van der Waals surface area contributed by atoms with E-state index in [0.717, 1.165) is 0 Å². The summed E-state index contributed by atoms with van der Waals surface area (Å²) in [6, 6.07) is 9.30. The predicted octanol–water partition coefficient (Wildman–Crippen LogP) is 5.14. The summed E-state index contributed by atoms with van der Waals surface area (Å²) < 4.78 is 0. The van der Waals surface area contributed by atoms with Crippen LogP contribution < -0.4 is 5.32 Å². The van der Waals surface area contributed by atoms with E-state index in [4.69, 9.17) is 0 Å². The van der Waals surface area contributed by atoms with E-state index in [1.807, 2.05) is 0 Å². The minimum Gasteiger partial charge on any atom is -0.310 e. The van der Waals surface area contributed by atoms with Crippen LogP contribution in [0.15, 0.2) is 35.9 Å². The third-order valence-corrected chi connectivity index (χ3v) is 4.32. The van der Waals surface area contributed by atoms with Crippen LogP contribution in [0.1, 0.15) is 70.0 Å². The van der Waals surface area contributed by atoms with Crippen molar-refractivity contribution in [3.63, 3.8) is 0 Å². The lowest BCUT2D eigenvalue weighted by Crippen LogP contribution is -2.24. The van der Waals surface area contributed by atoms with Gasteiger partial charge in [-0.3, -0.25) is 0 Å². The fraction of sp³-hybridized carbons (Fsp3) is 0.579. The molecular weight excluding hydrogens is 242 g/mol. The minimum atomic E-state index is 0.191. The van der Waals surface area contributed by atoms with Crippen molar-refractivity contribution >= 4 is 0 Å². The second kappa shape index (κ2) is 6.58. The Morgan fingerprint density at radius 1 is 1.05 bits per heavy atom. The molecule has 1 atom stereocenters. The molecule has 1 N–H and O–H groups in total. The Balaban J connectivity index is 2.39. The molecule has 0 amide bonds. The molecule has 0 saturated carbocycles. The average Bonchev–Trinajstić information content (AvgIpc) is 2.68. The molecule has 1 heteroatoms. The van der Waals surface area contributed by atoms with Gasteiger partial charge in [-0.25, -0.2) is 0 Å². The van der Waals surface area contributed by atoms with E-state index in [0.29, 0.717) is 6.04 Å². The molecule has 0 spiro atoms. The molecule has 1 aliphatic rings. The van der Waals surface area contributed by atoms with E-state index in [1.165, 1.54) is 43.2 Å². The van der Waals surface area contributed by atoms with Gasteiger partial charge in [0.2, 0.25) is 0 Å². The van der Waals surface area contributed by atoms with E-state index in [1.54, 1.807) is 5.57 Å². The highest BCUT2D eigenvalue weighted by molar-refractivity contribution is 5.39. The van der Waals surface area contributed by atoms with Crippen LogP contribution in [-0.4, -0.2) is 7.05 Å². The summed E-state index contributed by atoms with van der Waals surface area (Å²) >= 11 is 0. The number of nitrogens with one attached hydrogen (secondary N) is 1. The lowest BCUT2D eigenvalue weighted by Gasteiger charge is -2.29. The van der Waals surface area contributed by atoms with Gasteiger partial charge in [0, 0.05) is 0 Å². The van der Waals surface area contributed by atoms with Crippen molar-refractivity contribution in [2.45, 2.75) is 64.3 Å². The molecule has 1 aromatic carbocycles. The minimum absolute atomic E-state index is 0.191. The van der Waals surface area contributed by atoms with Crippen molar-refractivity contribution in [2.24, 2.45) is 0 Å². The van der Waals surface area contributed by atoms with Gasteiger partial charge in [0.15, 0.2) is 0 Å². The Bertz CT molecular complexity index is 465. The summed E-state index contributed by atoms with van der Waals surface area (Å²) in [6.45, 7) is 6.92. The number of allylic oxidation sites excluding steroid dienone is 1. The standard InChI is InChI=1S/C19H29N/c1-19(2,3)17-14-10-9-13-16(17)18(20-4)15-11-7-5-6-8-12-15/h9-11,13-14,18,20H,5-8,12H2,1-4H3. The van der Waals surface area contributed by atoms with Crippen molar-refractivity contribution in [1.29, 1.82) is 0 Å². The van der Waals surface area contributed by atoms with Gasteiger partial charge in [-0.15, -0.1) is 0 Å². The number of rotatable bonds is 3. The van der Waals surface area contributed by atoms with Gasteiger partial charge >= 0.3 is 0 Å². The van der Waals surface area contributed by atoms with Gasteiger partial charge in [-0.2, -0.15) is 0 Å². The summed E-state index contributed by atoms with van der Waals surface area (Å²) in [7, 11) is 2.09. The molecular formula is C19H29N. The number of hydrogen-bond donors (Lipinski definition) is 1.